The molecule has 3 nitrogen and oxygen atoms in total. The minimum absolute atomic E-state index is 0.282. The molecule has 4 heteroatoms. The molecular formula is C9H10FNO2. The molecule has 1 aliphatic rings. The molecule has 2 atom stereocenters. The molecule has 1 aliphatic heterocycles. The second kappa shape index (κ2) is 3.22. The van der Waals surface area contributed by atoms with Crippen molar-refractivity contribution in [1.82, 2.24) is 0 Å². The number of benzene rings is 1. The zero-order valence-electron chi connectivity index (χ0n) is 6.90. The van der Waals surface area contributed by atoms with Gasteiger partial charge in [-0.3, -0.25) is 0 Å². The average molecular weight is 183 g/mol. The van der Waals surface area contributed by atoms with Crippen LogP contribution >= 0.6 is 0 Å². The molecule has 2 rings (SSSR count). The smallest absolute Gasteiger partial charge is 0.260 e. The number of para-hydroxylation sites is 2. The van der Waals surface area contributed by atoms with Gasteiger partial charge in [0.05, 0.1) is 12.3 Å². The third-order valence-corrected chi connectivity index (χ3v) is 1.98. The number of alkyl halides is 1. The number of fused-ring (bicyclic) bond motifs is 1. The van der Waals surface area contributed by atoms with Crippen LogP contribution in [0.25, 0.3) is 0 Å². The summed E-state index contributed by atoms with van der Waals surface area (Å²) in [7, 11) is 0. The summed E-state index contributed by atoms with van der Waals surface area (Å²) in [5.41, 5.74) is 0.718. The highest BCUT2D eigenvalue weighted by molar-refractivity contribution is 5.58. The lowest BCUT2D eigenvalue weighted by Gasteiger charge is -2.28. The Morgan fingerprint density at radius 1 is 1.46 bits per heavy atom. The maximum Gasteiger partial charge on any atom is 0.260 e. The van der Waals surface area contributed by atoms with Crippen LogP contribution in [0.3, 0.4) is 0 Å². The van der Waals surface area contributed by atoms with E-state index in [1.165, 1.54) is 0 Å². The molecule has 2 N–H and O–H groups in total. The monoisotopic (exact) mass is 183 g/mol. The van der Waals surface area contributed by atoms with Crippen molar-refractivity contribution < 1.29 is 14.2 Å². The summed E-state index contributed by atoms with van der Waals surface area (Å²) in [6.07, 6.45) is -1.49. The number of halogens is 1. The van der Waals surface area contributed by atoms with Crippen molar-refractivity contribution in [3.05, 3.63) is 24.3 Å². The SMILES string of the molecule is OCC1Nc2ccccc2OC1F. The van der Waals surface area contributed by atoms with Crippen molar-refractivity contribution in [2.24, 2.45) is 0 Å². The quantitative estimate of drug-likeness (QED) is 0.686. The highest BCUT2D eigenvalue weighted by Crippen LogP contribution is 2.30. The summed E-state index contributed by atoms with van der Waals surface area (Å²) in [5, 5.41) is 11.7. The number of aliphatic hydroxyl groups excluding tert-OH is 1. The lowest BCUT2D eigenvalue weighted by atomic mass is 10.2. The molecule has 0 aliphatic carbocycles. The molecule has 2 unspecified atom stereocenters. The minimum Gasteiger partial charge on any atom is -0.456 e. The first-order valence-electron chi connectivity index (χ1n) is 4.08. The number of aliphatic hydroxyl groups is 1. The highest BCUT2D eigenvalue weighted by Gasteiger charge is 2.27. The molecule has 1 heterocycles. The van der Waals surface area contributed by atoms with Crippen molar-refractivity contribution >= 4 is 5.69 Å². The number of nitrogens with one attached hydrogen (secondary N) is 1. The molecule has 0 radical (unpaired) electrons. The number of hydrogen-bond donors (Lipinski definition) is 2. The summed E-state index contributed by atoms with van der Waals surface area (Å²) in [5.74, 6) is 0.486. The van der Waals surface area contributed by atoms with E-state index in [0.29, 0.717) is 5.75 Å². The van der Waals surface area contributed by atoms with Crippen LogP contribution in [0, 0.1) is 0 Å². The molecule has 0 bridgehead atoms. The van der Waals surface area contributed by atoms with Gasteiger partial charge in [0.25, 0.3) is 6.36 Å². The van der Waals surface area contributed by atoms with E-state index >= 15 is 0 Å². The van der Waals surface area contributed by atoms with Crippen LogP contribution < -0.4 is 10.1 Å². The number of ether oxygens (including phenoxy) is 1. The first kappa shape index (κ1) is 8.31. The summed E-state index contributed by atoms with van der Waals surface area (Å²) >= 11 is 0. The predicted octanol–water partition coefficient (Wildman–Crippen LogP) is 1.15. The first-order chi connectivity index (χ1) is 6.31. The Hall–Kier alpha value is -1.29. The normalized spacial score (nSPS) is 25.7. The van der Waals surface area contributed by atoms with Gasteiger partial charge < -0.3 is 15.2 Å². The van der Waals surface area contributed by atoms with E-state index in [9.17, 15) is 4.39 Å². The molecule has 0 amide bonds. The van der Waals surface area contributed by atoms with Crippen LogP contribution in [0.5, 0.6) is 5.75 Å². The van der Waals surface area contributed by atoms with Gasteiger partial charge >= 0.3 is 0 Å². The Kier molecular flexibility index (Phi) is 2.06. The predicted molar refractivity (Wildman–Crippen MR) is 46.5 cm³/mol. The highest BCUT2D eigenvalue weighted by atomic mass is 19.1. The molecule has 13 heavy (non-hydrogen) atoms. The molecule has 1 aromatic carbocycles. The van der Waals surface area contributed by atoms with Crippen molar-refractivity contribution in [1.29, 1.82) is 0 Å². The fraction of sp³-hybridized carbons (Fsp3) is 0.333. The van der Waals surface area contributed by atoms with Crippen molar-refractivity contribution in [2.75, 3.05) is 11.9 Å². The van der Waals surface area contributed by atoms with Gasteiger partial charge in [0.15, 0.2) is 0 Å². The molecule has 0 saturated carbocycles. The molecule has 0 spiro atoms. The molecule has 0 aromatic heterocycles. The van der Waals surface area contributed by atoms with Gasteiger partial charge in [-0.05, 0) is 12.1 Å². The number of anilines is 1. The van der Waals surface area contributed by atoms with Crippen LogP contribution in [0.1, 0.15) is 0 Å². The second-order valence-electron chi connectivity index (χ2n) is 2.90. The molecule has 1 aromatic rings. The summed E-state index contributed by atoms with van der Waals surface area (Å²) < 4.78 is 18.0. The van der Waals surface area contributed by atoms with Gasteiger partial charge in [-0.15, -0.1) is 0 Å². The summed E-state index contributed by atoms with van der Waals surface area (Å²) in [6, 6.07) is 6.39. The lowest BCUT2D eigenvalue weighted by Crippen LogP contribution is -2.41. The Morgan fingerprint density at radius 3 is 3.00 bits per heavy atom. The van der Waals surface area contributed by atoms with Crippen LogP contribution in [-0.4, -0.2) is 24.1 Å². The molecule has 0 fully saturated rings. The van der Waals surface area contributed by atoms with Crippen molar-refractivity contribution in [3.63, 3.8) is 0 Å². The van der Waals surface area contributed by atoms with E-state index in [2.05, 4.69) is 5.32 Å². The zero-order valence-corrected chi connectivity index (χ0v) is 6.90. The third kappa shape index (κ3) is 1.45. The van der Waals surface area contributed by atoms with Crippen LogP contribution in [0.4, 0.5) is 10.1 Å². The van der Waals surface area contributed by atoms with Gasteiger partial charge in [0, 0.05) is 0 Å². The van der Waals surface area contributed by atoms with Gasteiger partial charge in [-0.25, -0.2) is 0 Å². The van der Waals surface area contributed by atoms with E-state index in [4.69, 9.17) is 9.84 Å². The summed E-state index contributed by atoms with van der Waals surface area (Å²) in [6.45, 7) is -0.282. The first-order valence-corrected chi connectivity index (χ1v) is 4.08. The standard InChI is InChI=1S/C9H10FNO2/c10-9-7(5-12)11-6-3-1-2-4-8(6)13-9/h1-4,7,9,11-12H,5H2. The Morgan fingerprint density at radius 2 is 2.23 bits per heavy atom. The zero-order chi connectivity index (χ0) is 9.26. The van der Waals surface area contributed by atoms with E-state index in [-0.39, 0.29) is 6.61 Å². The van der Waals surface area contributed by atoms with E-state index < -0.39 is 12.4 Å². The number of hydrogen-bond acceptors (Lipinski definition) is 3. The van der Waals surface area contributed by atoms with Crippen molar-refractivity contribution in [2.45, 2.75) is 12.4 Å². The average Bonchev–Trinajstić information content (AvgIpc) is 2.17. The molecule has 0 saturated heterocycles. The largest absolute Gasteiger partial charge is 0.456 e. The molecular weight excluding hydrogens is 173 g/mol. The van der Waals surface area contributed by atoms with E-state index in [0.717, 1.165) is 5.69 Å². The Labute approximate surface area is 75.1 Å². The molecule has 70 valence electrons. The maximum absolute atomic E-state index is 13.1. The topological polar surface area (TPSA) is 41.5 Å². The second-order valence-corrected chi connectivity index (χ2v) is 2.90. The van der Waals surface area contributed by atoms with Crippen LogP contribution in [-0.2, 0) is 0 Å². The van der Waals surface area contributed by atoms with Gasteiger partial charge in [-0.1, -0.05) is 12.1 Å². The minimum atomic E-state index is -1.49. The lowest BCUT2D eigenvalue weighted by molar-refractivity contribution is 0.0240. The summed E-state index contributed by atoms with van der Waals surface area (Å²) in [4.78, 5) is 0. The fourth-order valence-corrected chi connectivity index (χ4v) is 1.29. The van der Waals surface area contributed by atoms with E-state index in [1.807, 2.05) is 6.07 Å². The van der Waals surface area contributed by atoms with Crippen LogP contribution in [0.15, 0.2) is 24.3 Å². The van der Waals surface area contributed by atoms with Gasteiger partial charge in [0.1, 0.15) is 11.8 Å². The van der Waals surface area contributed by atoms with Gasteiger partial charge in [0.2, 0.25) is 0 Å². The maximum atomic E-state index is 13.1. The fourth-order valence-electron chi connectivity index (χ4n) is 1.29. The third-order valence-electron chi connectivity index (χ3n) is 1.98. The van der Waals surface area contributed by atoms with Crippen LogP contribution in [0.2, 0.25) is 0 Å². The van der Waals surface area contributed by atoms with Gasteiger partial charge in [-0.2, -0.15) is 4.39 Å². The number of rotatable bonds is 1. The Bertz CT molecular complexity index is 305. The Balaban J connectivity index is 2.27. The van der Waals surface area contributed by atoms with Crippen molar-refractivity contribution in [3.8, 4) is 5.75 Å². The van der Waals surface area contributed by atoms with E-state index in [1.54, 1.807) is 18.2 Å².